The normalized spacial score (nSPS) is 18.8. The van der Waals surface area contributed by atoms with Gasteiger partial charge in [-0.25, -0.2) is 0 Å². The highest BCUT2D eigenvalue weighted by Gasteiger charge is 2.40. The van der Waals surface area contributed by atoms with Gasteiger partial charge in [-0.15, -0.1) is 11.3 Å². The van der Waals surface area contributed by atoms with Crippen molar-refractivity contribution in [3.05, 3.63) is 69.9 Å². The first-order valence-corrected chi connectivity index (χ1v) is 14.2. The van der Waals surface area contributed by atoms with E-state index in [9.17, 15) is 23.2 Å². The largest absolute Gasteiger partial charge is 0.384 e. The highest BCUT2D eigenvalue weighted by Crippen LogP contribution is 2.27. The second-order valence-corrected chi connectivity index (χ2v) is 11.2. The molecule has 1 saturated heterocycles. The van der Waals surface area contributed by atoms with Crippen molar-refractivity contribution < 1.29 is 27.9 Å². The lowest BCUT2D eigenvalue weighted by Gasteiger charge is -2.27. The van der Waals surface area contributed by atoms with E-state index >= 15 is 0 Å². The molecule has 1 unspecified atom stereocenters. The van der Waals surface area contributed by atoms with Gasteiger partial charge in [0.25, 0.3) is 5.91 Å². The van der Waals surface area contributed by atoms with Crippen LogP contribution in [0.2, 0.25) is 0 Å². The minimum absolute atomic E-state index is 0.0111. The Kier molecular flexibility index (Phi) is 8.61. The maximum atomic E-state index is 13.3. The quantitative estimate of drug-likeness (QED) is 0.101. The molecule has 0 radical (unpaired) electrons. The van der Waals surface area contributed by atoms with Crippen LogP contribution >= 0.6 is 11.3 Å². The number of nitrogens with one attached hydrogen (secondary N) is 4. The number of amidine groups is 1. The summed E-state index contributed by atoms with van der Waals surface area (Å²) in [7, 11) is 0. The molecule has 1 fully saturated rings. The molecule has 1 aliphatic rings. The predicted molar refractivity (Wildman–Crippen MR) is 156 cm³/mol. The molecule has 2 aromatic heterocycles. The number of hydrogen-bond donors (Lipinski definition) is 5. The highest BCUT2D eigenvalue weighted by molar-refractivity contribution is 7.10. The number of aldehydes is 1. The number of nitrogens with two attached hydrogens (primary N) is 1. The lowest BCUT2D eigenvalue weighted by atomic mass is 10.1. The van der Waals surface area contributed by atoms with Crippen molar-refractivity contribution in [2.45, 2.75) is 44.2 Å². The minimum atomic E-state index is -3.02. The number of fused-ring (bicyclic) bond motifs is 3. The molecule has 0 bridgehead atoms. The van der Waals surface area contributed by atoms with Gasteiger partial charge in [-0.1, -0.05) is 18.2 Å². The van der Waals surface area contributed by atoms with Crippen molar-refractivity contribution in [2.75, 3.05) is 13.1 Å². The predicted octanol–water partition coefficient (Wildman–Crippen LogP) is 3.52. The van der Waals surface area contributed by atoms with Gasteiger partial charge in [0.05, 0.1) is 24.2 Å². The van der Waals surface area contributed by atoms with E-state index in [1.54, 1.807) is 41.5 Å². The van der Waals surface area contributed by atoms with Gasteiger partial charge in [0.1, 0.15) is 12.1 Å². The van der Waals surface area contributed by atoms with Gasteiger partial charge in [-0.2, -0.15) is 8.78 Å². The number of para-hydroxylation sites is 1. The van der Waals surface area contributed by atoms with Gasteiger partial charge >= 0.3 is 6.61 Å². The summed E-state index contributed by atoms with van der Waals surface area (Å²) in [6.45, 7) is -1.35. The number of nitrogens with zero attached hydrogens (tertiary/aromatic N) is 1. The topological polar surface area (TPSA) is 153 Å². The Morgan fingerprint density at radius 3 is 2.64 bits per heavy atom. The van der Waals surface area contributed by atoms with Gasteiger partial charge in [0.2, 0.25) is 5.91 Å². The van der Waals surface area contributed by atoms with E-state index in [4.69, 9.17) is 15.9 Å². The number of amides is 2. The molecular formula is C29H30F2N6O4S. The molecule has 0 spiro atoms. The third-order valence-corrected chi connectivity index (χ3v) is 8.47. The molecular weight excluding hydrogens is 566 g/mol. The number of likely N-dealkylation sites (tertiary alicyclic amines) is 1. The Morgan fingerprint density at radius 2 is 1.93 bits per heavy atom. The van der Waals surface area contributed by atoms with Crippen LogP contribution in [0.3, 0.4) is 0 Å². The molecule has 1 aliphatic heterocycles. The Bertz CT molecular complexity index is 1640. The molecule has 220 valence electrons. The summed E-state index contributed by atoms with van der Waals surface area (Å²) >= 11 is 1.33. The summed E-state index contributed by atoms with van der Waals surface area (Å²) in [5, 5.41) is 16.7. The van der Waals surface area contributed by atoms with Crippen LogP contribution in [0.4, 0.5) is 8.78 Å². The van der Waals surface area contributed by atoms with E-state index in [0.717, 1.165) is 26.7 Å². The van der Waals surface area contributed by atoms with E-state index in [0.29, 0.717) is 17.4 Å². The molecule has 4 aromatic rings. The first-order chi connectivity index (χ1) is 20.1. The number of hydrogen-bond acceptors (Lipinski definition) is 7. The van der Waals surface area contributed by atoms with Gasteiger partial charge in [-0.05, 0) is 43.7 Å². The molecule has 42 heavy (non-hydrogen) atoms. The number of carbonyl (C=O) groups excluding carboxylic acids is 3. The van der Waals surface area contributed by atoms with Crippen LogP contribution in [0.25, 0.3) is 21.8 Å². The van der Waals surface area contributed by atoms with Crippen molar-refractivity contribution in [3.63, 3.8) is 0 Å². The van der Waals surface area contributed by atoms with E-state index in [1.165, 1.54) is 11.3 Å². The van der Waals surface area contributed by atoms with E-state index in [2.05, 4.69) is 15.6 Å². The van der Waals surface area contributed by atoms with Crippen molar-refractivity contribution >= 4 is 57.1 Å². The number of H-pyrrole nitrogens is 1. The third-order valence-electron chi connectivity index (χ3n) is 7.36. The van der Waals surface area contributed by atoms with Gasteiger partial charge in [-0.3, -0.25) is 19.9 Å². The third kappa shape index (κ3) is 6.32. The molecule has 10 nitrogen and oxygen atoms in total. The Morgan fingerprint density at radius 1 is 1.17 bits per heavy atom. The number of aromatic nitrogens is 1. The molecule has 0 saturated carbocycles. The number of thiophene rings is 1. The van der Waals surface area contributed by atoms with Crippen LogP contribution in [0.1, 0.15) is 40.2 Å². The van der Waals surface area contributed by atoms with Crippen molar-refractivity contribution in [3.8, 4) is 0 Å². The van der Waals surface area contributed by atoms with Crippen LogP contribution in [0.15, 0.2) is 53.9 Å². The van der Waals surface area contributed by atoms with Crippen molar-refractivity contribution in [1.82, 2.24) is 20.5 Å². The number of alkyl halides is 2. The van der Waals surface area contributed by atoms with Crippen molar-refractivity contribution in [2.24, 2.45) is 5.73 Å². The highest BCUT2D eigenvalue weighted by atomic mass is 32.1. The fourth-order valence-electron chi connectivity index (χ4n) is 5.30. The molecule has 6 N–H and O–H groups in total. The zero-order valence-corrected chi connectivity index (χ0v) is 23.4. The summed E-state index contributed by atoms with van der Waals surface area (Å²) in [6.07, 6.45) is -0.381. The smallest absolute Gasteiger partial charge is 0.345 e. The average Bonchev–Trinajstić information content (AvgIpc) is 3.69. The van der Waals surface area contributed by atoms with E-state index in [-0.39, 0.29) is 25.3 Å². The number of aromatic amines is 1. The number of halogens is 2. The minimum Gasteiger partial charge on any atom is -0.384 e. The monoisotopic (exact) mass is 596 g/mol. The number of rotatable bonds is 11. The zero-order chi connectivity index (χ0) is 30.0. The SMILES string of the molecule is C[C@@H](NC(=O)[C@@H]1C[C@@H](OC(F)F)CN1CC(C=O)NC(=O)c1ccc2[nH]c3ccccc3c2c1)c1cc(C(=N)N)cs1. The van der Waals surface area contributed by atoms with Crippen LogP contribution < -0.4 is 16.4 Å². The van der Waals surface area contributed by atoms with Gasteiger partial charge in [0, 0.05) is 56.3 Å². The molecule has 4 atom stereocenters. The second-order valence-electron chi connectivity index (χ2n) is 10.3. The summed E-state index contributed by atoms with van der Waals surface area (Å²) in [5.74, 6) is -0.998. The lowest BCUT2D eigenvalue weighted by molar-refractivity contribution is -0.159. The number of benzene rings is 2. The summed E-state index contributed by atoms with van der Waals surface area (Å²) < 4.78 is 30.8. The fraction of sp³-hybridized carbons (Fsp3) is 0.310. The molecule has 13 heteroatoms. The Labute approximate surface area is 243 Å². The first-order valence-electron chi connectivity index (χ1n) is 13.3. The van der Waals surface area contributed by atoms with Crippen LogP contribution in [-0.4, -0.2) is 71.7 Å². The standard InChI is InChI=1S/C29H30F2N6O4S/c1-15(25-9-17(14-42-25)26(32)33)34-28(40)24-10-19(41-29(30)31)12-37(24)11-18(13-38)35-27(39)16-6-7-23-21(8-16)20-4-2-3-5-22(20)36-23/h2-9,13-15,18-19,24,29,36H,10-12H2,1H3,(H3,32,33)(H,34,40)(H,35,39)/t15-,18?,19-,24+/m1/s1. The fourth-order valence-corrected chi connectivity index (χ4v) is 6.21. The summed E-state index contributed by atoms with van der Waals surface area (Å²) in [6, 6.07) is 12.3. The Balaban J connectivity index is 1.29. The van der Waals surface area contributed by atoms with E-state index in [1.807, 2.05) is 24.3 Å². The van der Waals surface area contributed by atoms with Crippen LogP contribution in [0.5, 0.6) is 0 Å². The van der Waals surface area contributed by atoms with E-state index < -0.39 is 42.7 Å². The molecule has 2 aromatic carbocycles. The second kappa shape index (κ2) is 12.3. The molecule has 3 heterocycles. The van der Waals surface area contributed by atoms with Crippen LogP contribution in [0, 0.1) is 5.41 Å². The maximum absolute atomic E-state index is 13.3. The van der Waals surface area contributed by atoms with Crippen molar-refractivity contribution in [1.29, 1.82) is 5.41 Å². The molecule has 0 aliphatic carbocycles. The number of carbonyl (C=O) groups is 3. The van der Waals surface area contributed by atoms with Crippen LogP contribution in [-0.2, 0) is 14.3 Å². The summed E-state index contributed by atoms with van der Waals surface area (Å²) in [4.78, 5) is 44.1. The number of nitrogen functional groups attached to an aromatic ring is 1. The summed E-state index contributed by atoms with van der Waals surface area (Å²) in [5.41, 5.74) is 8.22. The van der Waals surface area contributed by atoms with Gasteiger partial charge < -0.3 is 30.9 Å². The first kappa shape index (κ1) is 29.3. The lowest BCUT2D eigenvalue weighted by Crippen LogP contribution is -2.50. The maximum Gasteiger partial charge on any atom is 0.345 e. The average molecular weight is 597 g/mol. The molecule has 2 amide bonds. The number of ether oxygens (including phenoxy) is 1. The zero-order valence-electron chi connectivity index (χ0n) is 22.6. The molecule has 5 rings (SSSR count). The Hall–Kier alpha value is -4.20. The van der Waals surface area contributed by atoms with Gasteiger partial charge in [0.15, 0.2) is 0 Å².